The fraction of sp³-hybridized carbons (Fsp3) is 0.0556. The van der Waals surface area contributed by atoms with Gasteiger partial charge in [-0.1, -0.05) is 27.5 Å². The molecule has 0 atom stereocenters. The Morgan fingerprint density at radius 1 is 1.08 bits per heavy atom. The summed E-state index contributed by atoms with van der Waals surface area (Å²) in [6, 6.07) is 14.2. The molecule has 0 aliphatic carbocycles. The summed E-state index contributed by atoms with van der Waals surface area (Å²) in [7, 11) is 0. The van der Waals surface area contributed by atoms with Crippen LogP contribution >= 0.6 is 27.5 Å². The molecule has 0 fully saturated rings. The van der Waals surface area contributed by atoms with Gasteiger partial charge in [0.1, 0.15) is 0 Å². The predicted molar refractivity (Wildman–Crippen MR) is 104 cm³/mol. The number of rotatable bonds is 5. The van der Waals surface area contributed by atoms with E-state index in [-0.39, 0.29) is 18.4 Å². The van der Waals surface area contributed by atoms with Gasteiger partial charge >= 0.3 is 0 Å². The molecule has 0 radical (unpaired) electrons. The van der Waals surface area contributed by atoms with Crippen LogP contribution < -0.4 is 10.6 Å². The topological polar surface area (TPSA) is 76.0 Å². The van der Waals surface area contributed by atoms with Crippen molar-refractivity contribution in [2.45, 2.75) is 0 Å². The highest BCUT2D eigenvalue weighted by Gasteiger charge is 2.11. The molecule has 2 aromatic carbocycles. The molecule has 0 aliphatic rings. The molecular formula is C18H14BrClN4O2. The normalized spacial score (nSPS) is 10.4. The van der Waals surface area contributed by atoms with Crippen LogP contribution in [0.15, 0.2) is 65.4 Å². The summed E-state index contributed by atoms with van der Waals surface area (Å²) in [6.45, 7) is -0.148. The van der Waals surface area contributed by atoms with E-state index in [4.69, 9.17) is 11.6 Å². The number of amides is 2. The zero-order valence-corrected chi connectivity index (χ0v) is 15.8. The molecule has 6 nitrogen and oxygen atoms in total. The third kappa shape index (κ3) is 4.71. The Morgan fingerprint density at radius 2 is 1.77 bits per heavy atom. The van der Waals surface area contributed by atoms with Crippen molar-refractivity contribution in [1.82, 2.24) is 15.1 Å². The van der Waals surface area contributed by atoms with Crippen molar-refractivity contribution in [3.8, 4) is 5.69 Å². The van der Waals surface area contributed by atoms with Crippen LogP contribution in [-0.4, -0.2) is 28.1 Å². The third-order valence-corrected chi connectivity index (χ3v) is 4.25. The zero-order chi connectivity index (χ0) is 18.5. The molecule has 0 saturated carbocycles. The van der Waals surface area contributed by atoms with E-state index in [1.54, 1.807) is 35.1 Å². The fourth-order valence-corrected chi connectivity index (χ4v) is 2.57. The number of hydrogen-bond donors (Lipinski definition) is 2. The van der Waals surface area contributed by atoms with Gasteiger partial charge in [-0.2, -0.15) is 5.10 Å². The highest BCUT2D eigenvalue weighted by molar-refractivity contribution is 9.10. The number of carbonyl (C=O) groups is 2. The van der Waals surface area contributed by atoms with Crippen LogP contribution in [0, 0.1) is 0 Å². The van der Waals surface area contributed by atoms with Crippen LogP contribution in [0.4, 0.5) is 5.69 Å². The largest absolute Gasteiger partial charge is 0.343 e. The predicted octanol–water partition coefficient (Wildman–Crippen LogP) is 3.66. The molecule has 8 heteroatoms. The maximum Gasteiger partial charge on any atom is 0.254 e. The van der Waals surface area contributed by atoms with Gasteiger partial charge in [0.15, 0.2) is 0 Å². The number of nitrogens with zero attached hydrogens (tertiary/aromatic N) is 2. The van der Waals surface area contributed by atoms with Gasteiger partial charge in [0.25, 0.3) is 5.91 Å². The van der Waals surface area contributed by atoms with Crippen molar-refractivity contribution in [1.29, 1.82) is 0 Å². The summed E-state index contributed by atoms with van der Waals surface area (Å²) >= 11 is 9.16. The van der Waals surface area contributed by atoms with Crippen molar-refractivity contribution >= 4 is 45.0 Å². The van der Waals surface area contributed by atoms with E-state index in [1.807, 2.05) is 24.3 Å². The molecule has 132 valence electrons. The van der Waals surface area contributed by atoms with E-state index in [2.05, 4.69) is 31.7 Å². The Morgan fingerprint density at radius 3 is 2.46 bits per heavy atom. The number of benzene rings is 2. The summed E-state index contributed by atoms with van der Waals surface area (Å²) in [5.74, 6) is -0.708. The van der Waals surface area contributed by atoms with Crippen LogP contribution in [0.3, 0.4) is 0 Å². The maximum absolute atomic E-state index is 12.2. The lowest BCUT2D eigenvalue weighted by Crippen LogP contribution is -2.32. The summed E-state index contributed by atoms with van der Waals surface area (Å²) in [6.07, 6.45) is 3.06. The first-order chi connectivity index (χ1) is 12.5. The third-order valence-electron chi connectivity index (χ3n) is 3.47. The average molecular weight is 434 g/mol. The Labute approximate surface area is 163 Å². The lowest BCUT2D eigenvalue weighted by Gasteiger charge is -2.06. The lowest BCUT2D eigenvalue weighted by molar-refractivity contribution is -0.115. The molecule has 0 unspecified atom stereocenters. The van der Waals surface area contributed by atoms with Crippen LogP contribution in [0.2, 0.25) is 5.02 Å². The van der Waals surface area contributed by atoms with E-state index in [0.29, 0.717) is 16.3 Å². The first-order valence-corrected chi connectivity index (χ1v) is 8.82. The van der Waals surface area contributed by atoms with Gasteiger partial charge in [0.05, 0.1) is 24.0 Å². The van der Waals surface area contributed by atoms with Crippen molar-refractivity contribution in [3.05, 3.63) is 76.0 Å². The molecule has 1 heterocycles. The second kappa shape index (κ2) is 8.16. The van der Waals surface area contributed by atoms with Crippen molar-refractivity contribution in [2.75, 3.05) is 11.9 Å². The Bertz CT molecular complexity index is 923. The number of aromatic nitrogens is 2. The standard InChI is InChI=1S/C18H14BrClN4O2/c19-13-1-7-16(8-2-13)24-11-12(9-22-24)18(26)21-10-17(25)23-15-5-3-14(20)4-6-15/h1-9,11H,10H2,(H,21,26)(H,23,25). The van der Waals surface area contributed by atoms with Gasteiger partial charge in [-0.25, -0.2) is 4.68 Å². The highest BCUT2D eigenvalue weighted by Crippen LogP contribution is 2.14. The molecule has 3 rings (SSSR count). The minimum Gasteiger partial charge on any atom is -0.343 e. The van der Waals surface area contributed by atoms with Crippen LogP contribution in [0.25, 0.3) is 5.69 Å². The molecule has 3 aromatic rings. The second-order valence-electron chi connectivity index (χ2n) is 5.39. The first-order valence-electron chi connectivity index (χ1n) is 7.65. The molecule has 0 saturated heterocycles. The molecular weight excluding hydrogens is 420 g/mol. The molecule has 2 amide bonds. The SMILES string of the molecule is O=C(CNC(=O)c1cnn(-c2ccc(Br)cc2)c1)Nc1ccc(Cl)cc1. The lowest BCUT2D eigenvalue weighted by atomic mass is 10.3. The Kier molecular flexibility index (Phi) is 5.70. The van der Waals surface area contributed by atoms with Gasteiger partial charge in [-0.3, -0.25) is 9.59 Å². The van der Waals surface area contributed by atoms with Crippen molar-refractivity contribution in [2.24, 2.45) is 0 Å². The van der Waals surface area contributed by atoms with Crippen LogP contribution in [-0.2, 0) is 4.79 Å². The quantitative estimate of drug-likeness (QED) is 0.645. The zero-order valence-electron chi connectivity index (χ0n) is 13.4. The summed E-state index contributed by atoms with van der Waals surface area (Å²) < 4.78 is 2.55. The summed E-state index contributed by atoms with van der Waals surface area (Å²) in [5, 5.41) is 9.99. The van der Waals surface area contributed by atoms with Gasteiger partial charge in [0, 0.05) is 21.4 Å². The maximum atomic E-state index is 12.2. The van der Waals surface area contributed by atoms with E-state index >= 15 is 0 Å². The molecule has 0 bridgehead atoms. The van der Waals surface area contributed by atoms with Crippen LogP contribution in [0.5, 0.6) is 0 Å². The number of halogens is 2. The highest BCUT2D eigenvalue weighted by atomic mass is 79.9. The number of carbonyl (C=O) groups excluding carboxylic acids is 2. The molecule has 1 aromatic heterocycles. The van der Waals surface area contributed by atoms with Crippen molar-refractivity contribution < 1.29 is 9.59 Å². The van der Waals surface area contributed by atoms with E-state index in [1.165, 1.54) is 6.20 Å². The molecule has 0 spiro atoms. The van der Waals surface area contributed by atoms with E-state index < -0.39 is 0 Å². The number of hydrogen-bond acceptors (Lipinski definition) is 3. The van der Waals surface area contributed by atoms with E-state index in [9.17, 15) is 9.59 Å². The van der Waals surface area contributed by atoms with Gasteiger partial charge < -0.3 is 10.6 Å². The number of anilines is 1. The average Bonchev–Trinajstić information content (AvgIpc) is 3.12. The van der Waals surface area contributed by atoms with Crippen LogP contribution in [0.1, 0.15) is 10.4 Å². The molecule has 2 N–H and O–H groups in total. The minimum atomic E-state index is -0.375. The first kappa shape index (κ1) is 18.2. The second-order valence-corrected chi connectivity index (χ2v) is 6.74. The molecule has 0 aliphatic heterocycles. The summed E-state index contributed by atoms with van der Waals surface area (Å²) in [5.41, 5.74) is 1.80. The van der Waals surface area contributed by atoms with Gasteiger partial charge in [0.2, 0.25) is 5.91 Å². The molecule has 26 heavy (non-hydrogen) atoms. The minimum absolute atomic E-state index is 0.148. The van der Waals surface area contributed by atoms with Gasteiger partial charge in [-0.05, 0) is 48.5 Å². The monoisotopic (exact) mass is 432 g/mol. The fourth-order valence-electron chi connectivity index (χ4n) is 2.18. The smallest absolute Gasteiger partial charge is 0.254 e. The van der Waals surface area contributed by atoms with Gasteiger partial charge in [-0.15, -0.1) is 0 Å². The number of nitrogens with one attached hydrogen (secondary N) is 2. The van der Waals surface area contributed by atoms with Crippen molar-refractivity contribution in [3.63, 3.8) is 0 Å². The Hall–Kier alpha value is -2.64. The summed E-state index contributed by atoms with van der Waals surface area (Å²) in [4.78, 5) is 24.1. The Balaban J connectivity index is 1.55. The van der Waals surface area contributed by atoms with E-state index in [0.717, 1.165) is 10.2 Å².